The summed E-state index contributed by atoms with van der Waals surface area (Å²) in [7, 11) is -4.05. The van der Waals surface area contributed by atoms with E-state index in [0.717, 1.165) is 5.69 Å². The second kappa shape index (κ2) is 11.8. The number of aromatic nitrogens is 1. The lowest BCUT2D eigenvalue weighted by molar-refractivity contribution is -0.132. The number of carbonyl (C=O) groups excluding carboxylic acids is 1. The van der Waals surface area contributed by atoms with Gasteiger partial charge in [0.2, 0.25) is 15.9 Å². The molecule has 2 saturated heterocycles. The predicted octanol–water partition coefficient (Wildman–Crippen LogP) is 3.14. The number of sulfonamides is 1. The van der Waals surface area contributed by atoms with Crippen LogP contribution in [0.1, 0.15) is 0 Å². The van der Waals surface area contributed by atoms with Crippen molar-refractivity contribution in [3.05, 3.63) is 101 Å². The van der Waals surface area contributed by atoms with Gasteiger partial charge in [-0.1, -0.05) is 30.3 Å². The highest BCUT2D eigenvalue weighted by Crippen LogP contribution is 2.27. The quantitative estimate of drug-likeness (QED) is 0.335. The van der Waals surface area contributed by atoms with Crippen molar-refractivity contribution in [1.29, 1.82) is 0 Å². The van der Waals surface area contributed by atoms with Crippen LogP contribution >= 0.6 is 0 Å². The molecule has 6 rings (SSSR count). The van der Waals surface area contributed by atoms with E-state index in [1.807, 2.05) is 4.90 Å². The van der Waals surface area contributed by atoms with Crippen LogP contribution in [0.3, 0.4) is 0 Å². The van der Waals surface area contributed by atoms with Crippen molar-refractivity contribution >= 4 is 38.1 Å². The van der Waals surface area contributed by atoms with E-state index in [1.54, 1.807) is 59.5 Å². The molecular formula is C31H31F2N5O4S. The highest BCUT2D eigenvalue weighted by molar-refractivity contribution is 7.89. The standard InChI is InChI=1S/C31H31F2N5O4S/c32-23-9-11-24(12-10-23)34-13-15-36(16-14-34)30(39)22-37-21-29(25-5-1-2-6-26(25)31(37)40)43(41,42)38-19-17-35(18-20-38)28-8-4-3-7-27(28)33/h1-12,21H,13-20,22H2. The molecule has 0 N–H and O–H groups in total. The minimum absolute atomic E-state index is 0.0454. The first-order valence-electron chi connectivity index (χ1n) is 14.1. The molecule has 2 aliphatic heterocycles. The van der Waals surface area contributed by atoms with E-state index < -0.39 is 15.6 Å². The summed E-state index contributed by atoms with van der Waals surface area (Å²) in [5.41, 5.74) is 0.844. The Morgan fingerprint density at radius 2 is 1.33 bits per heavy atom. The van der Waals surface area contributed by atoms with Gasteiger partial charge in [0.05, 0.1) is 5.69 Å². The number of hydrogen-bond acceptors (Lipinski definition) is 6. The van der Waals surface area contributed by atoms with Gasteiger partial charge in [-0.15, -0.1) is 0 Å². The Balaban J connectivity index is 1.21. The molecule has 0 bridgehead atoms. The smallest absolute Gasteiger partial charge is 0.258 e. The van der Waals surface area contributed by atoms with Gasteiger partial charge in [0, 0.05) is 75.0 Å². The number of para-hydroxylation sites is 1. The van der Waals surface area contributed by atoms with Gasteiger partial charge in [0.25, 0.3) is 5.56 Å². The van der Waals surface area contributed by atoms with Crippen LogP contribution in [-0.2, 0) is 21.4 Å². The molecule has 4 aromatic rings. The number of benzene rings is 3. The van der Waals surface area contributed by atoms with E-state index in [9.17, 15) is 26.8 Å². The van der Waals surface area contributed by atoms with Crippen LogP contribution in [-0.4, -0.2) is 80.5 Å². The number of fused-ring (bicyclic) bond motifs is 1. The maximum absolute atomic E-state index is 14.3. The molecule has 224 valence electrons. The number of hydrogen-bond donors (Lipinski definition) is 0. The second-order valence-corrected chi connectivity index (χ2v) is 12.6. The lowest BCUT2D eigenvalue weighted by Gasteiger charge is -2.36. The van der Waals surface area contributed by atoms with Crippen LogP contribution in [0, 0.1) is 11.6 Å². The van der Waals surface area contributed by atoms with E-state index in [4.69, 9.17) is 0 Å². The highest BCUT2D eigenvalue weighted by atomic mass is 32.2. The third-order valence-corrected chi connectivity index (χ3v) is 10.1. The summed E-state index contributed by atoms with van der Waals surface area (Å²) < 4.78 is 58.1. The Bertz CT molecular complexity index is 1810. The van der Waals surface area contributed by atoms with Crippen LogP contribution in [0.15, 0.2) is 88.7 Å². The van der Waals surface area contributed by atoms with E-state index >= 15 is 0 Å². The molecule has 1 amide bonds. The zero-order valence-corrected chi connectivity index (χ0v) is 24.2. The van der Waals surface area contributed by atoms with Crippen molar-refractivity contribution in [2.75, 3.05) is 62.2 Å². The topological polar surface area (TPSA) is 86.2 Å². The van der Waals surface area contributed by atoms with Crippen molar-refractivity contribution in [2.24, 2.45) is 0 Å². The monoisotopic (exact) mass is 607 g/mol. The normalized spacial score (nSPS) is 16.6. The first-order valence-corrected chi connectivity index (χ1v) is 15.6. The fourth-order valence-corrected chi connectivity index (χ4v) is 7.40. The Labute approximate surface area is 248 Å². The zero-order chi connectivity index (χ0) is 30.1. The summed E-state index contributed by atoms with van der Waals surface area (Å²) in [6.45, 7) is 2.50. The van der Waals surface area contributed by atoms with Crippen molar-refractivity contribution < 1.29 is 22.0 Å². The number of rotatable bonds is 6. The molecule has 3 heterocycles. The fourth-order valence-electron chi connectivity index (χ4n) is 5.76. The molecule has 9 nitrogen and oxygen atoms in total. The van der Waals surface area contributed by atoms with Gasteiger partial charge in [-0.05, 0) is 42.5 Å². The molecule has 0 unspecified atom stereocenters. The van der Waals surface area contributed by atoms with Crippen LogP contribution < -0.4 is 15.4 Å². The minimum atomic E-state index is -4.05. The van der Waals surface area contributed by atoms with Crippen molar-refractivity contribution in [3.63, 3.8) is 0 Å². The maximum Gasteiger partial charge on any atom is 0.258 e. The predicted molar refractivity (Wildman–Crippen MR) is 161 cm³/mol. The zero-order valence-electron chi connectivity index (χ0n) is 23.4. The first kappa shape index (κ1) is 28.8. The van der Waals surface area contributed by atoms with Gasteiger partial charge in [-0.2, -0.15) is 4.31 Å². The van der Waals surface area contributed by atoms with E-state index in [-0.39, 0.29) is 47.5 Å². The lowest BCUT2D eigenvalue weighted by atomic mass is 10.2. The first-order chi connectivity index (χ1) is 20.7. The average molecular weight is 608 g/mol. The Morgan fingerprint density at radius 3 is 2.00 bits per heavy atom. The summed E-state index contributed by atoms with van der Waals surface area (Å²) in [6.07, 6.45) is 1.27. The van der Waals surface area contributed by atoms with E-state index in [2.05, 4.69) is 4.90 Å². The van der Waals surface area contributed by atoms with Crippen LogP contribution in [0.25, 0.3) is 10.8 Å². The van der Waals surface area contributed by atoms with Gasteiger partial charge >= 0.3 is 0 Å². The number of carbonyl (C=O) groups is 1. The molecule has 2 fully saturated rings. The molecule has 43 heavy (non-hydrogen) atoms. The van der Waals surface area contributed by atoms with Gasteiger partial charge in [0.15, 0.2) is 0 Å². The third kappa shape index (κ3) is 5.72. The Morgan fingerprint density at radius 1 is 0.721 bits per heavy atom. The Hall–Kier alpha value is -4.29. The number of anilines is 2. The molecular weight excluding hydrogens is 576 g/mol. The third-order valence-electron chi connectivity index (χ3n) is 8.14. The molecule has 0 spiro atoms. The molecule has 0 atom stereocenters. The van der Waals surface area contributed by atoms with Gasteiger partial charge in [-0.3, -0.25) is 9.59 Å². The molecule has 0 radical (unpaired) electrons. The largest absolute Gasteiger partial charge is 0.368 e. The summed E-state index contributed by atoms with van der Waals surface area (Å²) in [5, 5.41) is 0.503. The molecule has 12 heteroatoms. The lowest BCUT2D eigenvalue weighted by Crippen LogP contribution is -2.50. The van der Waals surface area contributed by atoms with E-state index in [1.165, 1.54) is 33.3 Å². The SMILES string of the molecule is O=C(Cn1cc(S(=O)(=O)N2CCN(c3ccccc3F)CC2)c2ccccc2c1=O)N1CCN(c2ccc(F)cc2)CC1. The summed E-state index contributed by atoms with van der Waals surface area (Å²) in [5.74, 6) is -0.971. The fraction of sp³-hybridized carbons (Fsp3) is 0.290. The number of nitrogens with zero attached hydrogens (tertiary/aromatic N) is 5. The molecule has 3 aromatic carbocycles. The Kier molecular flexibility index (Phi) is 7.89. The van der Waals surface area contributed by atoms with Crippen LogP contribution in [0.4, 0.5) is 20.2 Å². The van der Waals surface area contributed by atoms with Crippen LogP contribution in [0.5, 0.6) is 0 Å². The van der Waals surface area contributed by atoms with Crippen molar-refractivity contribution in [3.8, 4) is 0 Å². The maximum atomic E-state index is 14.3. The summed E-state index contributed by atoms with van der Waals surface area (Å²) in [6, 6.07) is 19.1. The molecule has 1 aromatic heterocycles. The number of piperazine rings is 2. The molecule has 2 aliphatic rings. The number of pyridine rings is 1. The summed E-state index contributed by atoms with van der Waals surface area (Å²) >= 11 is 0. The number of amides is 1. The van der Waals surface area contributed by atoms with E-state index in [0.29, 0.717) is 50.3 Å². The van der Waals surface area contributed by atoms with Crippen LogP contribution in [0.2, 0.25) is 0 Å². The van der Waals surface area contributed by atoms with Gasteiger partial charge in [-0.25, -0.2) is 17.2 Å². The average Bonchev–Trinajstić information content (AvgIpc) is 3.03. The van der Waals surface area contributed by atoms with Crippen molar-refractivity contribution in [2.45, 2.75) is 11.4 Å². The van der Waals surface area contributed by atoms with Crippen molar-refractivity contribution in [1.82, 2.24) is 13.8 Å². The second-order valence-electron chi connectivity index (χ2n) is 10.7. The van der Waals surface area contributed by atoms with Gasteiger partial charge < -0.3 is 19.3 Å². The molecule has 0 aliphatic carbocycles. The molecule has 0 saturated carbocycles. The highest BCUT2D eigenvalue weighted by Gasteiger charge is 2.32. The number of halogens is 2. The summed E-state index contributed by atoms with van der Waals surface area (Å²) in [4.78, 5) is 32.2. The van der Waals surface area contributed by atoms with Gasteiger partial charge in [0.1, 0.15) is 23.1 Å². The minimum Gasteiger partial charge on any atom is -0.368 e.